The van der Waals surface area contributed by atoms with Gasteiger partial charge in [-0.25, -0.2) is 5.10 Å². The van der Waals surface area contributed by atoms with Crippen LogP contribution in [0, 0.1) is 0 Å². The van der Waals surface area contributed by atoms with Crippen LogP contribution < -0.4 is 16.2 Å². The third-order valence-corrected chi connectivity index (χ3v) is 5.40. The van der Waals surface area contributed by atoms with E-state index in [0.29, 0.717) is 34.1 Å². The van der Waals surface area contributed by atoms with Crippen molar-refractivity contribution in [3.05, 3.63) is 93.8 Å². The maximum Gasteiger partial charge on any atom is 0.272 e. The Morgan fingerprint density at radius 3 is 2.43 bits per heavy atom. The number of rotatable bonds is 6. The molecule has 0 saturated carbocycles. The van der Waals surface area contributed by atoms with Gasteiger partial charge in [-0.3, -0.25) is 9.59 Å². The van der Waals surface area contributed by atoms with Crippen molar-refractivity contribution in [3.63, 3.8) is 0 Å². The fraction of sp³-hybridized carbons (Fsp3) is 0.125. The standard InChI is InChI=1S/C24H20N4O2/c29-23-17-9-5-4-8-16(17)22-20-18(24(30)28-27-22)10-11-19(21(20)23)26-13-12-25-14-15-6-2-1-3-7-15/h1-11,25-26H,12-14H2,(H,28,30). The molecular formula is C24H20N4O2. The molecule has 3 aromatic carbocycles. The van der Waals surface area contributed by atoms with Gasteiger partial charge in [0.05, 0.1) is 10.9 Å². The Kier molecular flexibility index (Phi) is 4.61. The Hall–Kier alpha value is -3.77. The molecular weight excluding hydrogens is 376 g/mol. The molecule has 0 bridgehead atoms. The lowest BCUT2D eigenvalue weighted by atomic mass is 9.85. The molecule has 0 aliphatic heterocycles. The van der Waals surface area contributed by atoms with Gasteiger partial charge in [-0.2, -0.15) is 5.10 Å². The summed E-state index contributed by atoms with van der Waals surface area (Å²) in [5.74, 6) is -0.0872. The largest absolute Gasteiger partial charge is 0.383 e. The quantitative estimate of drug-likeness (QED) is 0.383. The molecule has 1 heterocycles. The highest BCUT2D eigenvalue weighted by Gasteiger charge is 2.29. The van der Waals surface area contributed by atoms with Gasteiger partial charge in [0, 0.05) is 41.8 Å². The van der Waals surface area contributed by atoms with Crippen molar-refractivity contribution in [2.24, 2.45) is 0 Å². The van der Waals surface area contributed by atoms with Gasteiger partial charge in [0.15, 0.2) is 5.78 Å². The molecule has 5 rings (SSSR count). The molecule has 0 amide bonds. The molecule has 0 atom stereocenters. The second kappa shape index (κ2) is 7.57. The minimum Gasteiger partial charge on any atom is -0.383 e. The van der Waals surface area contributed by atoms with Gasteiger partial charge in [0.25, 0.3) is 5.56 Å². The summed E-state index contributed by atoms with van der Waals surface area (Å²) in [4.78, 5) is 25.6. The van der Waals surface area contributed by atoms with Gasteiger partial charge < -0.3 is 10.6 Å². The fourth-order valence-corrected chi connectivity index (χ4v) is 3.98. The normalized spacial score (nSPS) is 12.1. The minimum absolute atomic E-state index is 0.0872. The van der Waals surface area contributed by atoms with Gasteiger partial charge >= 0.3 is 0 Å². The molecule has 3 N–H and O–H groups in total. The van der Waals surface area contributed by atoms with Crippen molar-refractivity contribution in [3.8, 4) is 11.3 Å². The lowest BCUT2D eigenvalue weighted by Crippen LogP contribution is -2.23. The second-order valence-electron chi connectivity index (χ2n) is 7.28. The number of aromatic nitrogens is 2. The molecule has 0 radical (unpaired) electrons. The summed E-state index contributed by atoms with van der Waals surface area (Å²) in [6.45, 7) is 2.16. The summed E-state index contributed by atoms with van der Waals surface area (Å²) in [7, 11) is 0. The monoisotopic (exact) mass is 396 g/mol. The number of carbonyl (C=O) groups is 1. The van der Waals surface area contributed by atoms with E-state index in [-0.39, 0.29) is 11.3 Å². The first-order valence-electron chi connectivity index (χ1n) is 9.92. The first-order chi connectivity index (χ1) is 14.7. The number of fused-ring (bicyclic) bond motifs is 2. The van der Waals surface area contributed by atoms with Crippen molar-refractivity contribution < 1.29 is 4.79 Å². The highest BCUT2D eigenvalue weighted by Crippen LogP contribution is 2.39. The molecule has 4 aromatic rings. The number of benzene rings is 3. The van der Waals surface area contributed by atoms with Gasteiger partial charge in [0.1, 0.15) is 5.69 Å². The van der Waals surface area contributed by atoms with Crippen molar-refractivity contribution in [2.75, 3.05) is 18.4 Å². The van der Waals surface area contributed by atoms with Gasteiger partial charge in [-0.1, -0.05) is 54.6 Å². The Bertz CT molecular complexity index is 1310. The van der Waals surface area contributed by atoms with E-state index in [1.807, 2.05) is 36.4 Å². The summed E-state index contributed by atoms with van der Waals surface area (Å²) >= 11 is 0. The van der Waals surface area contributed by atoms with Crippen LogP contribution in [0.25, 0.3) is 22.0 Å². The first-order valence-corrected chi connectivity index (χ1v) is 9.92. The molecule has 0 fully saturated rings. The SMILES string of the molecule is O=C1c2ccccc2-c2n[nH]c(=O)c3ccc(NCCNCc4ccccc4)c1c23. The predicted octanol–water partition coefficient (Wildman–Crippen LogP) is 3.34. The molecule has 0 saturated heterocycles. The number of ketones is 1. The van der Waals surface area contributed by atoms with E-state index >= 15 is 0 Å². The molecule has 1 aliphatic rings. The van der Waals surface area contributed by atoms with Crippen LogP contribution in [0.4, 0.5) is 5.69 Å². The van der Waals surface area contributed by atoms with E-state index in [9.17, 15) is 9.59 Å². The van der Waals surface area contributed by atoms with E-state index in [2.05, 4.69) is 33.0 Å². The van der Waals surface area contributed by atoms with E-state index in [0.717, 1.165) is 24.3 Å². The molecule has 0 spiro atoms. The summed E-state index contributed by atoms with van der Waals surface area (Å²) < 4.78 is 0. The maximum absolute atomic E-state index is 13.3. The average Bonchev–Trinajstić information content (AvgIpc) is 2.79. The van der Waals surface area contributed by atoms with Gasteiger partial charge in [-0.15, -0.1) is 0 Å². The van der Waals surface area contributed by atoms with Crippen molar-refractivity contribution in [2.45, 2.75) is 6.54 Å². The molecule has 6 heteroatoms. The number of carbonyl (C=O) groups excluding carboxylic acids is 1. The predicted molar refractivity (Wildman–Crippen MR) is 118 cm³/mol. The molecule has 6 nitrogen and oxygen atoms in total. The molecule has 1 aromatic heterocycles. The lowest BCUT2D eigenvalue weighted by molar-refractivity contribution is 0.104. The second-order valence-corrected chi connectivity index (χ2v) is 7.28. The number of nitrogens with one attached hydrogen (secondary N) is 3. The van der Waals surface area contributed by atoms with Crippen LogP contribution in [-0.4, -0.2) is 29.1 Å². The van der Waals surface area contributed by atoms with Crippen LogP contribution in [0.3, 0.4) is 0 Å². The third kappa shape index (κ3) is 3.07. The van der Waals surface area contributed by atoms with Crippen LogP contribution in [0.1, 0.15) is 21.5 Å². The number of hydrogen-bond donors (Lipinski definition) is 3. The van der Waals surface area contributed by atoms with E-state index in [1.54, 1.807) is 18.2 Å². The molecule has 0 unspecified atom stereocenters. The topological polar surface area (TPSA) is 86.9 Å². The van der Waals surface area contributed by atoms with E-state index < -0.39 is 0 Å². The number of hydrogen-bond acceptors (Lipinski definition) is 5. The Labute approximate surface area is 173 Å². The van der Waals surface area contributed by atoms with Crippen LogP contribution in [-0.2, 0) is 6.54 Å². The Morgan fingerprint density at radius 1 is 0.833 bits per heavy atom. The summed E-state index contributed by atoms with van der Waals surface area (Å²) in [6, 6.07) is 21.1. The van der Waals surface area contributed by atoms with Crippen molar-refractivity contribution in [1.29, 1.82) is 0 Å². The van der Waals surface area contributed by atoms with Crippen LogP contribution in [0.15, 0.2) is 71.5 Å². The minimum atomic E-state index is -0.293. The zero-order valence-electron chi connectivity index (χ0n) is 16.2. The van der Waals surface area contributed by atoms with Crippen molar-refractivity contribution in [1.82, 2.24) is 15.5 Å². The first kappa shape index (κ1) is 18.3. The third-order valence-electron chi connectivity index (χ3n) is 5.40. The fourth-order valence-electron chi connectivity index (χ4n) is 3.98. The number of H-pyrrole nitrogens is 1. The molecule has 148 valence electrons. The number of nitrogens with zero attached hydrogens (tertiary/aromatic N) is 1. The summed E-state index contributed by atoms with van der Waals surface area (Å²) in [5.41, 5.74) is 4.15. The highest BCUT2D eigenvalue weighted by molar-refractivity contribution is 6.27. The summed E-state index contributed by atoms with van der Waals surface area (Å²) in [5, 5.41) is 14.7. The number of anilines is 1. The Morgan fingerprint density at radius 2 is 1.60 bits per heavy atom. The average molecular weight is 396 g/mol. The van der Waals surface area contributed by atoms with Gasteiger partial charge in [-0.05, 0) is 17.7 Å². The van der Waals surface area contributed by atoms with Crippen molar-refractivity contribution >= 4 is 22.2 Å². The van der Waals surface area contributed by atoms with Gasteiger partial charge in [0.2, 0.25) is 0 Å². The van der Waals surface area contributed by atoms with Crippen LogP contribution >= 0.6 is 0 Å². The zero-order chi connectivity index (χ0) is 20.5. The maximum atomic E-state index is 13.3. The van der Waals surface area contributed by atoms with E-state index in [1.165, 1.54) is 5.56 Å². The zero-order valence-corrected chi connectivity index (χ0v) is 16.2. The number of aromatic amines is 1. The van der Waals surface area contributed by atoms with E-state index in [4.69, 9.17) is 0 Å². The van der Waals surface area contributed by atoms with Crippen LogP contribution in [0.5, 0.6) is 0 Å². The molecule has 1 aliphatic carbocycles. The lowest BCUT2D eigenvalue weighted by Gasteiger charge is -2.21. The highest BCUT2D eigenvalue weighted by atomic mass is 16.1. The smallest absolute Gasteiger partial charge is 0.272 e. The summed E-state index contributed by atoms with van der Waals surface area (Å²) in [6.07, 6.45) is 0. The molecule has 30 heavy (non-hydrogen) atoms. The Balaban J connectivity index is 1.44. The van der Waals surface area contributed by atoms with Crippen LogP contribution in [0.2, 0.25) is 0 Å².